The highest BCUT2D eigenvalue weighted by Gasteiger charge is 2.48. The lowest BCUT2D eigenvalue weighted by Crippen LogP contribution is -2.24. The van der Waals surface area contributed by atoms with Gasteiger partial charge in [0.1, 0.15) is 10.7 Å². The molecule has 0 saturated carbocycles. The van der Waals surface area contributed by atoms with Crippen LogP contribution in [0.3, 0.4) is 0 Å². The van der Waals surface area contributed by atoms with Gasteiger partial charge in [0.2, 0.25) is 5.91 Å². The Kier molecular flexibility index (Phi) is 6.09. The molecule has 1 amide bonds. The predicted molar refractivity (Wildman–Crippen MR) is 92.6 cm³/mol. The first-order valence-corrected chi connectivity index (χ1v) is 9.20. The molecule has 0 saturated heterocycles. The number of benzene rings is 2. The van der Waals surface area contributed by atoms with Gasteiger partial charge in [0, 0.05) is 19.2 Å². The Morgan fingerprint density at radius 3 is 2.26 bits per heavy atom. The van der Waals surface area contributed by atoms with E-state index in [0.29, 0.717) is 18.2 Å². The average Bonchev–Trinajstić information content (AvgIpc) is 2.56. The van der Waals surface area contributed by atoms with Crippen LogP contribution in [0.5, 0.6) is 0 Å². The molecule has 0 bridgehead atoms. The standard InChI is InChI=1S/C17H16F4N2O3S/c1-11(24)23-14-5-2-12(3-6-14)8-9-22-15-7-4-13(18)10-16(15)27(25,26)17(19,20)21/h2-7,10,22H,8-9H2,1H3,(H,23,24). The third-order valence-electron chi connectivity index (χ3n) is 3.54. The second kappa shape index (κ2) is 7.95. The summed E-state index contributed by atoms with van der Waals surface area (Å²) in [6.45, 7) is 1.48. The molecule has 2 N–H and O–H groups in total. The molecule has 27 heavy (non-hydrogen) atoms. The van der Waals surface area contributed by atoms with Crippen LogP contribution in [-0.2, 0) is 21.1 Å². The second-order valence-electron chi connectivity index (χ2n) is 5.64. The van der Waals surface area contributed by atoms with E-state index in [2.05, 4.69) is 10.6 Å². The van der Waals surface area contributed by atoms with E-state index in [0.717, 1.165) is 17.7 Å². The van der Waals surface area contributed by atoms with Crippen LogP contribution >= 0.6 is 0 Å². The van der Waals surface area contributed by atoms with Crippen LogP contribution in [0, 0.1) is 5.82 Å². The molecule has 2 rings (SSSR count). The van der Waals surface area contributed by atoms with Gasteiger partial charge in [-0.2, -0.15) is 13.2 Å². The van der Waals surface area contributed by atoms with Crippen molar-refractivity contribution < 1.29 is 30.8 Å². The van der Waals surface area contributed by atoms with E-state index in [1.807, 2.05) is 0 Å². The van der Waals surface area contributed by atoms with Gasteiger partial charge < -0.3 is 10.6 Å². The molecule has 0 aromatic heterocycles. The number of hydrogen-bond donors (Lipinski definition) is 2. The SMILES string of the molecule is CC(=O)Nc1ccc(CCNc2ccc(F)cc2S(=O)(=O)C(F)(F)F)cc1. The third-order valence-corrected chi connectivity index (χ3v) is 5.07. The molecule has 0 radical (unpaired) electrons. The molecule has 0 aliphatic carbocycles. The normalized spacial score (nSPS) is 11.9. The fourth-order valence-electron chi connectivity index (χ4n) is 2.29. The van der Waals surface area contributed by atoms with E-state index in [4.69, 9.17) is 0 Å². The van der Waals surface area contributed by atoms with Crippen LogP contribution in [0.15, 0.2) is 47.4 Å². The van der Waals surface area contributed by atoms with E-state index in [1.165, 1.54) is 6.92 Å². The van der Waals surface area contributed by atoms with Gasteiger partial charge >= 0.3 is 5.51 Å². The van der Waals surface area contributed by atoms with Crippen molar-refractivity contribution in [3.63, 3.8) is 0 Å². The molecule has 0 spiro atoms. The van der Waals surface area contributed by atoms with Gasteiger partial charge in [-0.3, -0.25) is 4.79 Å². The summed E-state index contributed by atoms with van der Waals surface area (Å²) in [4.78, 5) is 9.80. The van der Waals surface area contributed by atoms with Crippen molar-refractivity contribution in [1.29, 1.82) is 0 Å². The first-order chi connectivity index (χ1) is 12.5. The van der Waals surface area contributed by atoms with Gasteiger partial charge in [0.25, 0.3) is 9.84 Å². The molecule has 2 aromatic rings. The van der Waals surface area contributed by atoms with Crippen LogP contribution in [0.2, 0.25) is 0 Å². The minimum absolute atomic E-state index is 0.117. The first kappa shape index (κ1) is 20.7. The Labute approximate surface area is 153 Å². The van der Waals surface area contributed by atoms with E-state index in [1.54, 1.807) is 24.3 Å². The molecule has 2 aromatic carbocycles. The van der Waals surface area contributed by atoms with Crippen LogP contribution in [-0.4, -0.2) is 26.4 Å². The lowest BCUT2D eigenvalue weighted by Gasteiger charge is -2.14. The highest BCUT2D eigenvalue weighted by molar-refractivity contribution is 7.92. The number of nitrogens with one attached hydrogen (secondary N) is 2. The van der Waals surface area contributed by atoms with Crippen molar-refractivity contribution in [2.75, 3.05) is 17.2 Å². The lowest BCUT2D eigenvalue weighted by atomic mass is 10.1. The summed E-state index contributed by atoms with van der Waals surface area (Å²) in [7, 11) is -5.68. The molecular weight excluding hydrogens is 388 g/mol. The first-order valence-electron chi connectivity index (χ1n) is 7.72. The summed E-state index contributed by atoms with van der Waals surface area (Å²) in [5.41, 5.74) is -4.46. The van der Waals surface area contributed by atoms with Crippen molar-refractivity contribution in [1.82, 2.24) is 0 Å². The van der Waals surface area contributed by atoms with Gasteiger partial charge in [-0.25, -0.2) is 12.8 Å². The van der Waals surface area contributed by atoms with Crippen molar-refractivity contribution in [2.45, 2.75) is 23.7 Å². The number of hydrogen-bond acceptors (Lipinski definition) is 4. The molecule has 0 aliphatic heterocycles. The zero-order valence-electron chi connectivity index (χ0n) is 14.1. The number of amides is 1. The minimum Gasteiger partial charge on any atom is -0.384 e. The van der Waals surface area contributed by atoms with Crippen LogP contribution < -0.4 is 10.6 Å². The Bertz CT molecular complexity index is 926. The fraction of sp³-hybridized carbons (Fsp3) is 0.235. The largest absolute Gasteiger partial charge is 0.501 e. The van der Waals surface area contributed by atoms with Gasteiger partial charge in [0.05, 0.1) is 5.69 Å². The van der Waals surface area contributed by atoms with Crippen molar-refractivity contribution >= 4 is 27.1 Å². The van der Waals surface area contributed by atoms with E-state index in [-0.39, 0.29) is 18.1 Å². The Balaban J connectivity index is 2.11. The molecule has 0 unspecified atom stereocenters. The highest BCUT2D eigenvalue weighted by Crippen LogP contribution is 2.34. The molecule has 0 atom stereocenters. The summed E-state index contributed by atoms with van der Waals surface area (Å²) in [6, 6.07) is 8.92. The number of rotatable bonds is 6. The molecular formula is C17H16F4N2O3S. The quantitative estimate of drug-likeness (QED) is 0.720. The van der Waals surface area contributed by atoms with Crippen molar-refractivity contribution in [2.24, 2.45) is 0 Å². The molecule has 0 aliphatic rings. The topological polar surface area (TPSA) is 75.3 Å². The average molecular weight is 404 g/mol. The number of alkyl halides is 3. The Morgan fingerprint density at radius 2 is 1.70 bits per heavy atom. The summed E-state index contributed by atoms with van der Waals surface area (Å²) in [5.74, 6) is -1.31. The maximum Gasteiger partial charge on any atom is 0.501 e. The van der Waals surface area contributed by atoms with Gasteiger partial charge in [-0.05, 0) is 42.3 Å². The van der Waals surface area contributed by atoms with E-state index >= 15 is 0 Å². The predicted octanol–water partition coefficient (Wildman–Crippen LogP) is 3.73. The monoisotopic (exact) mass is 404 g/mol. The molecule has 10 heteroatoms. The number of sulfone groups is 1. The molecule has 0 heterocycles. The Morgan fingerprint density at radius 1 is 1.07 bits per heavy atom. The summed E-state index contributed by atoms with van der Waals surface area (Å²) in [5, 5.41) is 5.19. The zero-order chi connectivity index (χ0) is 20.2. The third kappa shape index (κ3) is 5.19. The molecule has 5 nitrogen and oxygen atoms in total. The van der Waals surface area contributed by atoms with Crippen LogP contribution in [0.25, 0.3) is 0 Å². The molecule has 0 fully saturated rings. The summed E-state index contributed by atoms with van der Waals surface area (Å²) >= 11 is 0. The summed E-state index contributed by atoms with van der Waals surface area (Å²) in [6.07, 6.45) is 0.364. The molecule has 146 valence electrons. The van der Waals surface area contributed by atoms with Crippen molar-refractivity contribution in [3.8, 4) is 0 Å². The smallest absolute Gasteiger partial charge is 0.384 e. The maximum atomic E-state index is 13.3. The van der Waals surface area contributed by atoms with E-state index in [9.17, 15) is 30.8 Å². The number of carbonyl (C=O) groups excluding carboxylic acids is 1. The number of carbonyl (C=O) groups is 1. The van der Waals surface area contributed by atoms with E-state index < -0.39 is 26.1 Å². The summed E-state index contributed by atoms with van der Waals surface area (Å²) < 4.78 is 74.9. The fourth-order valence-corrected chi connectivity index (χ4v) is 3.24. The van der Waals surface area contributed by atoms with Crippen molar-refractivity contribution in [3.05, 3.63) is 53.8 Å². The van der Waals surface area contributed by atoms with Crippen LogP contribution in [0.4, 0.5) is 28.9 Å². The second-order valence-corrected chi connectivity index (χ2v) is 7.55. The highest BCUT2D eigenvalue weighted by atomic mass is 32.2. The Hall–Kier alpha value is -2.62. The maximum absolute atomic E-state index is 13.3. The van der Waals surface area contributed by atoms with Gasteiger partial charge in [-0.15, -0.1) is 0 Å². The van der Waals surface area contributed by atoms with Gasteiger partial charge in [-0.1, -0.05) is 12.1 Å². The van der Waals surface area contributed by atoms with Gasteiger partial charge in [0.15, 0.2) is 0 Å². The number of halogens is 4. The number of anilines is 2. The minimum atomic E-state index is -5.68. The van der Waals surface area contributed by atoms with Crippen LogP contribution in [0.1, 0.15) is 12.5 Å². The lowest BCUT2D eigenvalue weighted by molar-refractivity contribution is -0.114. The zero-order valence-corrected chi connectivity index (χ0v) is 14.9.